The summed E-state index contributed by atoms with van der Waals surface area (Å²) in [5, 5.41) is 11.4. The molecule has 0 radical (unpaired) electrons. The van der Waals surface area contributed by atoms with E-state index in [0.29, 0.717) is 13.1 Å². The van der Waals surface area contributed by atoms with Crippen molar-refractivity contribution in [3.05, 3.63) is 53.8 Å². The number of benzene rings is 1. The minimum Gasteiger partial charge on any atom is -0.634 e. The van der Waals surface area contributed by atoms with Gasteiger partial charge in [0.2, 0.25) is 0 Å². The number of nitrogens with one attached hydrogen (secondary N) is 1. The molecule has 0 aliphatic rings. The zero-order valence-corrected chi connectivity index (χ0v) is 6.99. The molecule has 0 aliphatic heterocycles. The Morgan fingerprint density at radius 2 is 2.00 bits per heavy atom. The molecule has 2 heteroatoms. The Kier molecular flexibility index (Phi) is 3.51. The number of hydroxylamine groups is 2. The van der Waals surface area contributed by atoms with Gasteiger partial charge in [-0.25, -0.2) is 0 Å². The van der Waals surface area contributed by atoms with Gasteiger partial charge in [0.1, 0.15) is 6.54 Å². The van der Waals surface area contributed by atoms with Gasteiger partial charge in [0, 0.05) is 5.56 Å². The number of rotatable bonds is 4. The molecule has 0 saturated heterocycles. The average molecular weight is 163 g/mol. The fraction of sp³-hybridized carbons (Fsp3) is 0.200. The van der Waals surface area contributed by atoms with Crippen LogP contribution >= 0.6 is 0 Å². The molecule has 0 bridgehead atoms. The van der Waals surface area contributed by atoms with Crippen LogP contribution in [0.1, 0.15) is 5.56 Å². The van der Waals surface area contributed by atoms with Crippen molar-refractivity contribution >= 4 is 0 Å². The molecule has 0 spiro atoms. The van der Waals surface area contributed by atoms with E-state index in [0.717, 1.165) is 5.56 Å². The highest BCUT2D eigenvalue weighted by Crippen LogP contribution is 1.94. The van der Waals surface area contributed by atoms with Crippen molar-refractivity contribution < 1.29 is 5.06 Å². The van der Waals surface area contributed by atoms with Crippen molar-refractivity contribution in [2.24, 2.45) is 0 Å². The van der Waals surface area contributed by atoms with E-state index in [-0.39, 0.29) is 5.06 Å². The topological polar surface area (TPSA) is 27.5 Å². The normalized spacial score (nSPS) is 12.4. The first kappa shape index (κ1) is 8.97. The van der Waals surface area contributed by atoms with E-state index in [1.54, 1.807) is 6.08 Å². The van der Waals surface area contributed by atoms with E-state index in [9.17, 15) is 5.21 Å². The highest BCUT2D eigenvalue weighted by molar-refractivity contribution is 5.13. The summed E-state index contributed by atoms with van der Waals surface area (Å²) >= 11 is 0. The summed E-state index contributed by atoms with van der Waals surface area (Å²) in [5.74, 6) is 0. The molecule has 1 atom stereocenters. The van der Waals surface area contributed by atoms with Crippen LogP contribution in [0.15, 0.2) is 43.0 Å². The van der Waals surface area contributed by atoms with Crippen molar-refractivity contribution in [1.29, 1.82) is 0 Å². The van der Waals surface area contributed by atoms with E-state index < -0.39 is 0 Å². The van der Waals surface area contributed by atoms with Crippen molar-refractivity contribution in [3.63, 3.8) is 0 Å². The lowest BCUT2D eigenvalue weighted by Crippen LogP contribution is -3.05. The fourth-order valence-corrected chi connectivity index (χ4v) is 1.06. The third-order valence-corrected chi connectivity index (χ3v) is 1.62. The lowest BCUT2D eigenvalue weighted by molar-refractivity contribution is -0.856. The van der Waals surface area contributed by atoms with Crippen LogP contribution in [0.5, 0.6) is 0 Å². The highest BCUT2D eigenvalue weighted by Gasteiger charge is 1.95. The monoisotopic (exact) mass is 163 g/mol. The quantitative estimate of drug-likeness (QED) is 0.515. The average Bonchev–Trinajstić information content (AvgIpc) is 2.06. The van der Waals surface area contributed by atoms with Gasteiger partial charge in [0.25, 0.3) is 0 Å². The first-order valence-electron chi connectivity index (χ1n) is 3.99. The smallest absolute Gasteiger partial charge is 0.103 e. The summed E-state index contributed by atoms with van der Waals surface area (Å²) in [7, 11) is 0. The van der Waals surface area contributed by atoms with Crippen LogP contribution in [0.25, 0.3) is 0 Å². The Morgan fingerprint density at radius 1 is 1.33 bits per heavy atom. The van der Waals surface area contributed by atoms with E-state index in [1.165, 1.54) is 0 Å². The minimum absolute atomic E-state index is 0.219. The van der Waals surface area contributed by atoms with Crippen LogP contribution < -0.4 is 5.06 Å². The molecule has 0 heterocycles. The molecule has 1 aromatic carbocycles. The molecule has 0 aromatic heterocycles. The van der Waals surface area contributed by atoms with Gasteiger partial charge in [0.15, 0.2) is 0 Å². The van der Waals surface area contributed by atoms with Gasteiger partial charge in [0.05, 0.1) is 6.54 Å². The van der Waals surface area contributed by atoms with Crippen molar-refractivity contribution in [2.75, 3.05) is 6.54 Å². The SMILES string of the molecule is C=CC[NH+]([O-])Cc1ccccc1. The number of hydrogen-bond acceptors (Lipinski definition) is 1. The molecule has 0 saturated carbocycles. The molecule has 2 nitrogen and oxygen atoms in total. The van der Waals surface area contributed by atoms with Crippen LogP contribution in [0.2, 0.25) is 0 Å². The van der Waals surface area contributed by atoms with Gasteiger partial charge in [-0.2, -0.15) is 0 Å². The van der Waals surface area contributed by atoms with Crippen molar-refractivity contribution in [2.45, 2.75) is 6.54 Å². The summed E-state index contributed by atoms with van der Waals surface area (Å²) in [4.78, 5) is 0. The van der Waals surface area contributed by atoms with Crippen molar-refractivity contribution in [3.8, 4) is 0 Å². The van der Waals surface area contributed by atoms with Gasteiger partial charge in [-0.05, 0) is 6.08 Å². The molecular weight excluding hydrogens is 150 g/mol. The molecule has 1 unspecified atom stereocenters. The van der Waals surface area contributed by atoms with Gasteiger partial charge >= 0.3 is 0 Å². The lowest BCUT2D eigenvalue weighted by atomic mass is 10.2. The molecule has 1 aromatic rings. The molecule has 64 valence electrons. The third-order valence-electron chi connectivity index (χ3n) is 1.62. The number of hydrogen-bond donors (Lipinski definition) is 1. The van der Waals surface area contributed by atoms with Crippen LogP contribution in [-0.4, -0.2) is 6.54 Å². The summed E-state index contributed by atoms with van der Waals surface area (Å²) in [5.41, 5.74) is 1.07. The van der Waals surface area contributed by atoms with Gasteiger partial charge in [-0.1, -0.05) is 36.9 Å². The summed E-state index contributed by atoms with van der Waals surface area (Å²) in [6.45, 7) is 4.51. The van der Waals surface area contributed by atoms with Crippen LogP contribution in [-0.2, 0) is 6.54 Å². The first-order chi connectivity index (χ1) is 5.83. The molecule has 0 amide bonds. The van der Waals surface area contributed by atoms with Crippen molar-refractivity contribution in [1.82, 2.24) is 0 Å². The lowest BCUT2D eigenvalue weighted by Gasteiger charge is -2.20. The largest absolute Gasteiger partial charge is 0.634 e. The molecule has 1 N–H and O–H groups in total. The Morgan fingerprint density at radius 3 is 2.58 bits per heavy atom. The van der Waals surface area contributed by atoms with Gasteiger partial charge in [-0.3, -0.25) is 0 Å². The fourth-order valence-electron chi connectivity index (χ4n) is 1.06. The Bertz CT molecular complexity index is 233. The molecular formula is C10H13NO. The van der Waals surface area contributed by atoms with Crippen LogP contribution in [0.3, 0.4) is 0 Å². The summed E-state index contributed by atoms with van der Waals surface area (Å²) in [6.07, 6.45) is 1.64. The zero-order valence-electron chi connectivity index (χ0n) is 6.99. The Balaban J connectivity index is 2.46. The second kappa shape index (κ2) is 4.70. The van der Waals surface area contributed by atoms with Crippen LogP contribution in [0, 0.1) is 5.21 Å². The maximum absolute atomic E-state index is 11.1. The predicted octanol–water partition coefficient (Wildman–Crippen LogP) is 0.755. The zero-order chi connectivity index (χ0) is 8.81. The first-order valence-corrected chi connectivity index (χ1v) is 3.99. The molecule has 0 fully saturated rings. The van der Waals surface area contributed by atoms with E-state index in [2.05, 4.69) is 6.58 Å². The summed E-state index contributed by atoms with van der Waals surface area (Å²) in [6, 6.07) is 9.75. The summed E-state index contributed by atoms with van der Waals surface area (Å²) < 4.78 is 0. The van der Waals surface area contributed by atoms with E-state index >= 15 is 0 Å². The van der Waals surface area contributed by atoms with Crippen LogP contribution in [0.4, 0.5) is 0 Å². The van der Waals surface area contributed by atoms with Gasteiger partial charge < -0.3 is 10.3 Å². The number of quaternary nitrogens is 1. The predicted molar refractivity (Wildman–Crippen MR) is 49.5 cm³/mol. The maximum atomic E-state index is 11.1. The standard InChI is InChI=1S/C10H13NO/c1-2-8-11(12)9-10-6-4-3-5-7-10/h2-7,11H,1,8-9H2. The minimum atomic E-state index is 0.219. The molecule has 12 heavy (non-hydrogen) atoms. The molecule has 1 rings (SSSR count). The molecule has 0 aliphatic carbocycles. The second-order valence-electron chi connectivity index (χ2n) is 2.69. The van der Waals surface area contributed by atoms with E-state index in [1.807, 2.05) is 30.3 Å². The van der Waals surface area contributed by atoms with Gasteiger partial charge in [-0.15, -0.1) is 0 Å². The maximum Gasteiger partial charge on any atom is 0.103 e. The Hall–Kier alpha value is -1.12. The highest BCUT2D eigenvalue weighted by atomic mass is 16.5. The Labute approximate surface area is 72.7 Å². The second-order valence-corrected chi connectivity index (χ2v) is 2.69. The third kappa shape index (κ3) is 2.86. The van der Waals surface area contributed by atoms with E-state index in [4.69, 9.17) is 0 Å².